The molecule has 6 nitrogen and oxygen atoms in total. The largest absolute Gasteiger partial charge is 0.495 e. The van der Waals surface area contributed by atoms with Crippen molar-refractivity contribution in [3.8, 4) is 5.75 Å². The van der Waals surface area contributed by atoms with Crippen molar-refractivity contribution < 1.29 is 17.9 Å². The number of hydrogen-bond donors (Lipinski definition) is 1. The van der Waals surface area contributed by atoms with Gasteiger partial charge in [0.05, 0.1) is 17.7 Å². The van der Waals surface area contributed by atoms with Gasteiger partial charge in [-0.2, -0.15) is 4.31 Å². The Labute approximate surface area is 173 Å². The molecule has 1 saturated heterocycles. The van der Waals surface area contributed by atoms with Gasteiger partial charge in [0.1, 0.15) is 5.75 Å². The zero-order valence-electron chi connectivity index (χ0n) is 14.9. The number of benzene rings is 2. The summed E-state index contributed by atoms with van der Waals surface area (Å²) >= 11 is 2.13. The average Bonchev–Trinajstić information content (AvgIpc) is 2.68. The fourth-order valence-electron chi connectivity index (χ4n) is 3.02. The highest BCUT2D eigenvalue weighted by Crippen LogP contribution is 2.30. The monoisotopic (exact) mass is 500 g/mol. The van der Waals surface area contributed by atoms with Crippen LogP contribution in [0.25, 0.3) is 0 Å². The predicted molar refractivity (Wildman–Crippen MR) is 113 cm³/mol. The summed E-state index contributed by atoms with van der Waals surface area (Å²) in [6.07, 6.45) is 2.78. The van der Waals surface area contributed by atoms with Gasteiger partial charge in [-0.3, -0.25) is 4.79 Å². The van der Waals surface area contributed by atoms with Crippen LogP contribution in [0.1, 0.15) is 29.6 Å². The summed E-state index contributed by atoms with van der Waals surface area (Å²) in [6.45, 7) is 1.05. The van der Waals surface area contributed by atoms with E-state index in [2.05, 4.69) is 27.9 Å². The molecule has 8 heteroatoms. The Morgan fingerprint density at radius 2 is 1.85 bits per heavy atom. The number of ether oxygens (including phenoxy) is 1. The molecular formula is C19H21IN2O4S. The van der Waals surface area contributed by atoms with Crippen molar-refractivity contribution in [1.82, 2.24) is 4.31 Å². The van der Waals surface area contributed by atoms with Crippen molar-refractivity contribution in [2.45, 2.75) is 24.2 Å². The Morgan fingerprint density at radius 3 is 2.52 bits per heavy atom. The quantitative estimate of drug-likeness (QED) is 0.636. The van der Waals surface area contributed by atoms with Crippen molar-refractivity contribution in [3.05, 3.63) is 51.6 Å². The number of methoxy groups -OCH3 is 1. The maximum Gasteiger partial charge on any atom is 0.255 e. The lowest BCUT2D eigenvalue weighted by Gasteiger charge is -2.26. The second kappa shape index (κ2) is 8.57. The molecule has 0 aromatic heterocycles. The van der Waals surface area contributed by atoms with E-state index in [1.165, 1.54) is 23.5 Å². The van der Waals surface area contributed by atoms with Crippen LogP contribution in [-0.4, -0.2) is 38.8 Å². The van der Waals surface area contributed by atoms with Crippen molar-refractivity contribution in [3.63, 3.8) is 0 Å². The van der Waals surface area contributed by atoms with Crippen molar-refractivity contribution in [1.29, 1.82) is 0 Å². The molecule has 0 unspecified atom stereocenters. The number of piperidine rings is 1. The lowest BCUT2D eigenvalue weighted by atomic mass is 10.2. The Hall–Kier alpha value is -1.65. The fourth-order valence-corrected chi connectivity index (χ4v) is 5.11. The van der Waals surface area contributed by atoms with Gasteiger partial charge in [0, 0.05) is 22.2 Å². The maximum absolute atomic E-state index is 12.9. The number of carbonyl (C=O) groups is 1. The minimum atomic E-state index is -3.59. The van der Waals surface area contributed by atoms with Crippen molar-refractivity contribution in [2.24, 2.45) is 0 Å². The predicted octanol–water partition coefficient (Wildman–Crippen LogP) is 3.73. The fraction of sp³-hybridized carbons (Fsp3) is 0.316. The van der Waals surface area contributed by atoms with Crippen molar-refractivity contribution in [2.75, 3.05) is 25.5 Å². The van der Waals surface area contributed by atoms with Gasteiger partial charge >= 0.3 is 0 Å². The lowest BCUT2D eigenvalue weighted by molar-refractivity contribution is 0.102. The van der Waals surface area contributed by atoms with Gasteiger partial charge in [-0.15, -0.1) is 0 Å². The highest BCUT2D eigenvalue weighted by molar-refractivity contribution is 14.1. The Kier molecular flexibility index (Phi) is 6.38. The minimum absolute atomic E-state index is 0.156. The van der Waals surface area contributed by atoms with Gasteiger partial charge in [-0.05, 0) is 71.8 Å². The van der Waals surface area contributed by atoms with E-state index in [1.807, 2.05) is 6.07 Å². The van der Waals surface area contributed by atoms with E-state index >= 15 is 0 Å². The van der Waals surface area contributed by atoms with E-state index in [0.717, 1.165) is 22.8 Å². The maximum atomic E-state index is 12.9. The van der Waals surface area contributed by atoms with Crippen LogP contribution in [0.3, 0.4) is 0 Å². The molecule has 0 radical (unpaired) electrons. The van der Waals surface area contributed by atoms with Crippen molar-refractivity contribution >= 4 is 44.2 Å². The zero-order chi connectivity index (χ0) is 19.4. The smallest absolute Gasteiger partial charge is 0.255 e. The molecule has 1 N–H and O–H groups in total. The van der Waals surface area contributed by atoms with Gasteiger partial charge in [-0.1, -0.05) is 12.5 Å². The molecule has 0 atom stereocenters. The van der Waals surface area contributed by atoms with E-state index in [0.29, 0.717) is 30.1 Å². The van der Waals surface area contributed by atoms with Crippen LogP contribution in [0.15, 0.2) is 47.4 Å². The Bertz CT molecular complexity index is 940. The SMILES string of the molecule is COc1ccc(S(=O)(=O)N2CCCCC2)cc1NC(=O)c1cccc(I)c1. The number of nitrogens with one attached hydrogen (secondary N) is 1. The Balaban J connectivity index is 1.90. The molecule has 2 aromatic rings. The summed E-state index contributed by atoms with van der Waals surface area (Å²) in [6, 6.07) is 11.7. The molecule has 0 saturated carbocycles. The van der Waals surface area contributed by atoms with Crippen LogP contribution in [0.2, 0.25) is 0 Å². The summed E-state index contributed by atoms with van der Waals surface area (Å²) in [7, 11) is -2.11. The summed E-state index contributed by atoms with van der Waals surface area (Å²) in [4.78, 5) is 12.7. The normalized spacial score (nSPS) is 15.3. The molecule has 3 rings (SSSR count). The average molecular weight is 500 g/mol. The molecule has 1 heterocycles. The first-order valence-corrected chi connectivity index (χ1v) is 11.2. The number of rotatable bonds is 5. The molecule has 0 aliphatic carbocycles. The third kappa shape index (κ3) is 4.61. The standard InChI is InChI=1S/C19H21IN2O4S/c1-26-18-9-8-16(27(24,25)22-10-3-2-4-11-22)13-17(18)21-19(23)14-6-5-7-15(20)12-14/h5-9,12-13H,2-4,10-11H2,1H3,(H,21,23). The van der Waals surface area contributed by atoms with E-state index < -0.39 is 10.0 Å². The number of sulfonamides is 1. The van der Waals surface area contributed by atoms with Crippen LogP contribution in [0.5, 0.6) is 5.75 Å². The van der Waals surface area contributed by atoms with Gasteiger partial charge < -0.3 is 10.1 Å². The topological polar surface area (TPSA) is 75.7 Å². The molecule has 27 heavy (non-hydrogen) atoms. The molecule has 2 aromatic carbocycles. The third-order valence-electron chi connectivity index (χ3n) is 4.46. The van der Waals surface area contributed by atoms with E-state index in [-0.39, 0.29) is 10.8 Å². The lowest BCUT2D eigenvalue weighted by Crippen LogP contribution is -2.35. The highest BCUT2D eigenvalue weighted by atomic mass is 127. The molecule has 1 aliphatic rings. The molecule has 0 spiro atoms. The first kappa shape index (κ1) is 20.1. The minimum Gasteiger partial charge on any atom is -0.495 e. The Morgan fingerprint density at radius 1 is 1.11 bits per heavy atom. The first-order valence-electron chi connectivity index (χ1n) is 8.67. The van der Waals surface area contributed by atoms with Crippen LogP contribution < -0.4 is 10.1 Å². The summed E-state index contributed by atoms with van der Waals surface area (Å²) < 4.78 is 33.6. The number of hydrogen-bond acceptors (Lipinski definition) is 4. The molecular weight excluding hydrogens is 479 g/mol. The second-order valence-corrected chi connectivity index (χ2v) is 9.47. The van der Waals surface area contributed by atoms with Crippen LogP contribution in [0, 0.1) is 3.57 Å². The van der Waals surface area contributed by atoms with E-state index in [9.17, 15) is 13.2 Å². The highest BCUT2D eigenvalue weighted by Gasteiger charge is 2.27. The van der Waals surface area contributed by atoms with E-state index in [1.54, 1.807) is 24.3 Å². The third-order valence-corrected chi connectivity index (χ3v) is 7.02. The number of nitrogens with zero attached hydrogens (tertiary/aromatic N) is 1. The molecule has 1 amide bonds. The van der Waals surface area contributed by atoms with Gasteiger partial charge in [0.15, 0.2) is 0 Å². The van der Waals surface area contributed by atoms with Gasteiger partial charge in [-0.25, -0.2) is 8.42 Å². The molecule has 1 fully saturated rings. The summed E-state index contributed by atoms with van der Waals surface area (Å²) in [5.41, 5.74) is 0.827. The zero-order valence-corrected chi connectivity index (χ0v) is 17.9. The number of carbonyl (C=O) groups excluding carboxylic acids is 1. The summed E-state index contributed by atoms with van der Waals surface area (Å²) in [5.74, 6) is 0.0888. The first-order chi connectivity index (χ1) is 12.9. The summed E-state index contributed by atoms with van der Waals surface area (Å²) in [5, 5.41) is 2.77. The van der Waals surface area contributed by atoms with E-state index in [4.69, 9.17) is 4.74 Å². The number of anilines is 1. The number of amides is 1. The second-order valence-electron chi connectivity index (χ2n) is 6.29. The molecule has 0 bridgehead atoms. The van der Waals surface area contributed by atoms with Crippen LogP contribution in [0.4, 0.5) is 5.69 Å². The van der Waals surface area contributed by atoms with Gasteiger partial charge in [0.25, 0.3) is 5.91 Å². The van der Waals surface area contributed by atoms with Crippen LogP contribution >= 0.6 is 22.6 Å². The number of halogens is 1. The molecule has 1 aliphatic heterocycles. The van der Waals surface area contributed by atoms with Crippen LogP contribution in [-0.2, 0) is 10.0 Å². The van der Waals surface area contributed by atoms with Gasteiger partial charge in [0.2, 0.25) is 10.0 Å². The molecule has 144 valence electrons.